The van der Waals surface area contributed by atoms with E-state index in [1.165, 1.54) is 78.7 Å². The van der Waals surface area contributed by atoms with Gasteiger partial charge in [0.25, 0.3) is 38.9 Å². The number of nitrogens with one attached hydrogen (secondary N) is 1. The van der Waals surface area contributed by atoms with E-state index in [0.29, 0.717) is 111 Å². The van der Waals surface area contributed by atoms with Crippen molar-refractivity contribution >= 4 is 78.1 Å². The first kappa shape index (κ1) is 80.9. The lowest BCUT2D eigenvalue weighted by atomic mass is 10.3. The number of rotatable bonds is 9. The Balaban J connectivity index is 0.000000159. The van der Waals surface area contributed by atoms with Crippen LogP contribution in [0.15, 0.2) is 113 Å². The third-order valence-electron chi connectivity index (χ3n) is 18.1. The second-order valence-corrected chi connectivity index (χ2v) is 26.1. The number of aryl methyl sites for hydroxylation is 10. The van der Waals surface area contributed by atoms with E-state index in [2.05, 4.69) is 44.9 Å². The molecule has 0 saturated heterocycles. The molecule has 0 amide bonds. The molecule has 14 aromatic rings. The van der Waals surface area contributed by atoms with Gasteiger partial charge in [0.2, 0.25) is 0 Å². The van der Waals surface area contributed by atoms with Crippen molar-refractivity contribution < 1.29 is 0 Å². The number of hydrogen-bond acceptors (Lipinski definition) is 21. The Morgan fingerprint density at radius 3 is 1.10 bits per heavy atom. The Morgan fingerprint density at radius 2 is 0.648 bits per heavy atom. The quantitative estimate of drug-likeness (QED) is 0.200. The normalized spacial score (nSPS) is 11.4. The molecule has 0 atom stereocenters. The molecule has 0 unspecified atom stereocenters. The fourth-order valence-corrected chi connectivity index (χ4v) is 12.0. The van der Waals surface area contributed by atoms with Gasteiger partial charge in [0.15, 0.2) is 72.5 Å². The molecule has 14 aromatic heterocycles. The molecule has 14 rings (SSSR count). The van der Waals surface area contributed by atoms with E-state index in [1.54, 1.807) is 136 Å². The van der Waals surface area contributed by atoms with Gasteiger partial charge in [-0.25, -0.2) is 68.6 Å². The molecule has 0 radical (unpaired) electrons. The van der Waals surface area contributed by atoms with Gasteiger partial charge in [-0.3, -0.25) is 88.4 Å². The zero-order valence-corrected chi connectivity index (χ0v) is 64.8. The maximum Gasteiger partial charge on any atom is 0.332 e. The van der Waals surface area contributed by atoms with Gasteiger partial charge < -0.3 is 37.0 Å². The Labute approximate surface area is 610 Å². The molecule has 578 valence electrons. The number of hydrogen-bond donors (Lipinski definition) is 1. The predicted octanol–water partition coefficient (Wildman–Crippen LogP) is 0.0709. The fraction of sp³-hybridized carbons (Fsp3) is 0.478. The van der Waals surface area contributed by atoms with Crippen LogP contribution in [0.4, 0.5) is 0 Å². The highest BCUT2D eigenvalue weighted by Gasteiger charge is 2.22. The number of imidazole rings is 7. The first-order valence-electron chi connectivity index (χ1n) is 34.5. The van der Waals surface area contributed by atoms with Gasteiger partial charge in [-0.05, 0) is 90.0 Å². The summed E-state index contributed by atoms with van der Waals surface area (Å²) in [6.45, 7) is 27.1. The van der Waals surface area contributed by atoms with E-state index >= 15 is 0 Å². The molecule has 0 aliphatic heterocycles. The summed E-state index contributed by atoms with van der Waals surface area (Å²) >= 11 is 0. The maximum atomic E-state index is 12.4. The van der Waals surface area contributed by atoms with Gasteiger partial charge in [-0.1, -0.05) is 0 Å². The molecule has 108 heavy (non-hydrogen) atoms. The highest BCUT2D eigenvalue weighted by atomic mass is 16.2. The lowest BCUT2D eigenvalue weighted by molar-refractivity contribution is 0.526. The average molecular weight is 1500 g/mol. The van der Waals surface area contributed by atoms with Crippen molar-refractivity contribution in [1.82, 2.24) is 132 Å². The zero-order valence-electron chi connectivity index (χ0n) is 64.8. The smallest absolute Gasteiger partial charge is 0.328 e. The SMILES string of the molecule is CC(C)n1c(=O)c2c(ncn2C(C)C)n(C)c1=O.CC(C)n1cnc2c(=O)[nH]cnc21.CC(C)n1cnc2c1c(=O)n(C)c(=O)n2C.CCn1c(=O)c2c(ncn2C)n(C)c1=O.CCn1c(=O)c2c(ncn2CC)n(C)c1=O.CCn1c(=O)c2ncn(C)c2n(C)c1=O.CCn1cnc2c1c(=O)n(C)c(=O)n2C. The van der Waals surface area contributed by atoms with Crippen molar-refractivity contribution in [2.24, 2.45) is 70.5 Å². The Bertz CT molecular complexity index is 6610. The molecule has 0 aliphatic rings. The summed E-state index contributed by atoms with van der Waals surface area (Å²) in [6.07, 6.45) is 12.5. The highest BCUT2D eigenvalue weighted by molar-refractivity contribution is 5.74. The van der Waals surface area contributed by atoms with Crippen LogP contribution in [-0.4, -0.2) is 132 Å². The van der Waals surface area contributed by atoms with Crippen molar-refractivity contribution in [3.8, 4) is 0 Å². The van der Waals surface area contributed by atoms with E-state index in [0.717, 1.165) is 9.13 Å². The summed E-state index contributed by atoms with van der Waals surface area (Å²) in [6, 6.07) is 0.353. The third-order valence-corrected chi connectivity index (χ3v) is 18.1. The van der Waals surface area contributed by atoms with Crippen molar-refractivity contribution in [2.45, 2.75) is 147 Å². The average Bonchev–Trinajstić information content (AvgIpc) is 1.39. The van der Waals surface area contributed by atoms with Crippen LogP contribution in [0.2, 0.25) is 0 Å². The molecule has 0 aromatic carbocycles. The second-order valence-electron chi connectivity index (χ2n) is 26.1. The van der Waals surface area contributed by atoms with Crippen LogP contribution in [0, 0.1) is 0 Å². The van der Waals surface area contributed by atoms with E-state index in [9.17, 15) is 62.3 Å². The molecule has 0 fully saturated rings. The summed E-state index contributed by atoms with van der Waals surface area (Å²) in [4.78, 5) is 189. The summed E-state index contributed by atoms with van der Waals surface area (Å²) in [7, 11) is 16.2. The number of fused-ring (bicyclic) bond motifs is 7. The largest absolute Gasteiger partial charge is 0.332 e. The van der Waals surface area contributed by atoms with Gasteiger partial charge in [0.1, 0.15) is 5.65 Å². The van der Waals surface area contributed by atoms with Crippen LogP contribution < -0.4 is 73.1 Å². The third kappa shape index (κ3) is 14.5. The summed E-state index contributed by atoms with van der Waals surface area (Å²) < 4.78 is 27.7. The molecular weight excluding hydrogens is 1400 g/mol. The maximum absolute atomic E-state index is 12.4. The molecule has 0 saturated carbocycles. The molecule has 1 N–H and O–H groups in total. The van der Waals surface area contributed by atoms with Gasteiger partial charge in [0, 0.05) is 127 Å². The molecule has 0 spiro atoms. The van der Waals surface area contributed by atoms with Gasteiger partial charge in [-0.2, -0.15) is 0 Å². The van der Waals surface area contributed by atoms with E-state index < -0.39 is 0 Å². The minimum atomic E-state index is -0.355. The Hall–Kier alpha value is -12.8. The Morgan fingerprint density at radius 1 is 0.296 bits per heavy atom. The van der Waals surface area contributed by atoms with E-state index in [-0.39, 0.29) is 97.2 Å². The monoisotopic (exact) mass is 1500 g/mol. The topological polar surface area (TPSA) is 434 Å². The lowest BCUT2D eigenvalue weighted by Crippen LogP contribution is -2.40. The van der Waals surface area contributed by atoms with Crippen LogP contribution in [0.3, 0.4) is 0 Å². The molecule has 41 nitrogen and oxygen atoms in total. The predicted molar refractivity (Wildman–Crippen MR) is 407 cm³/mol. The molecule has 0 bridgehead atoms. The van der Waals surface area contributed by atoms with Crippen LogP contribution in [0.1, 0.15) is 114 Å². The number of aromatic amines is 1. The minimum absolute atomic E-state index is 0.126. The number of nitrogens with zero attached hydrogens (tertiary/aromatic N) is 27. The van der Waals surface area contributed by atoms with E-state index in [1.807, 2.05) is 73.8 Å². The van der Waals surface area contributed by atoms with Gasteiger partial charge in [-0.15, -0.1) is 0 Å². The first-order valence-corrected chi connectivity index (χ1v) is 34.5. The van der Waals surface area contributed by atoms with Crippen molar-refractivity contribution in [1.29, 1.82) is 0 Å². The summed E-state index contributed by atoms with van der Waals surface area (Å²) in [5.74, 6) is 0. The summed E-state index contributed by atoms with van der Waals surface area (Å²) in [5.41, 5.74) is 2.58. The zero-order chi connectivity index (χ0) is 80.4. The van der Waals surface area contributed by atoms with Gasteiger partial charge >= 0.3 is 34.1 Å². The highest BCUT2D eigenvalue weighted by Crippen LogP contribution is 2.16. The minimum Gasteiger partial charge on any atom is -0.328 e. The molecule has 14 heterocycles. The van der Waals surface area contributed by atoms with Crippen LogP contribution in [0.25, 0.3) is 78.1 Å². The second kappa shape index (κ2) is 32.3. The van der Waals surface area contributed by atoms with E-state index in [4.69, 9.17) is 0 Å². The fourth-order valence-electron chi connectivity index (χ4n) is 12.0. The first-order chi connectivity index (χ1) is 50.8. The van der Waals surface area contributed by atoms with Crippen LogP contribution >= 0.6 is 0 Å². The van der Waals surface area contributed by atoms with Crippen molar-refractivity contribution in [3.05, 3.63) is 186 Å². The molecular formula is C67H92N28O13. The van der Waals surface area contributed by atoms with Crippen LogP contribution in [-0.2, 0) is 103 Å². The number of H-pyrrole nitrogens is 1. The molecule has 41 heteroatoms. The Kier molecular flexibility index (Phi) is 24.2. The molecule has 0 aliphatic carbocycles. The van der Waals surface area contributed by atoms with Crippen LogP contribution in [0.5, 0.6) is 0 Å². The lowest BCUT2D eigenvalue weighted by Gasteiger charge is -2.13. The standard InChI is InChI=1S/C12H18N4O2.2C10H14N4O2.3C9H12N4O2.C8H10N4O/c1-7(2)15-6-13-10-9(15)11(17)16(8(3)4)12(18)14(10)5;1-6(2)14-5-11-8-7(14)9(15)13(4)10(16)12(8)3;1-4-13-6-11-8-7(13)9(15)14(5-2)10(16)12(8)3;1-4-13-5-10-7-6(13)8(14)12(3)9(15)11(7)2;1-4-13-8(14)6-7(10-5-11(6)2)12(3)9(13)15;1-4-13-8(14)6-7(11(2)5-10-6)12(3)9(13)15;1-5(2)12-4-11-6-7(12)9-3-10-8(6)13/h6-8H,1-5H3;5-6H,1-4H3;6H,4-5H2,1-3H3;3*5H,4H2,1-3H3;3-5H,1-2H3,(H,9,10,13). The van der Waals surface area contributed by atoms with Crippen molar-refractivity contribution in [2.75, 3.05) is 0 Å². The van der Waals surface area contributed by atoms with Crippen molar-refractivity contribution in [3.63, 3.8) is 0 Å². The van der Waals surface area contributed by atoms with Gasteiger partial charge in [0.05, 0.1) is 50.6 Å². The summed E-state index contributed by atoms with van der Waals surface area (Å²) in [5, 5.41) is 0. The number of aromatic nitrogens is 28.